The minimum atomic E-state index is -0.529. The number of carbonyl (C=O) groups excluding carboxylic acids is 4. The van der Waals surface area contributed by atoms with Crippen molar-refractivity contribution in [3.63, 3.8) is 0 Å². The SMILES string of the molecule is O=C1/C=C\C(=O)N2CCCN3CCN(CCCN1C(=O)/C=C\C2=O)CC3. The molecule has 0 aromatic heterocycles. The third-order valence-corrected chi connectivity index (χ3v) is 4.98. The summed E-state index contributed by atoms with van der Waals surface area (Å²) in [4.78, 5) is 56.2. The van der Waals surface area contributed by atoms with Gasteiger partial charge in [0.05, 0.1) is 0 Å². The number of hydrogen-bond acceptors (Lipinski definition) is 6. The van der Waals surface area contributed by atoms with Crippen molar-refractivity contribution in [3.05, 3.63) is 24.3 Å². The van der Waals surface area contributed by atoms with Crippen LogP contribution in [0.25, 0.3) is 0 Å². The Morgan fingerprint density at radius 2 is 0.769 bits per heavy atom. The van der Waals surface area contributed by atoms with Crippen LogP contribution in [-0.4, -0.2) is 95.6 Å². The zero-order valence-electron chi connectivity index (χ0n) is 14.8. The van der Waals surface area contributed by atoms with Crippen molar-refractivity contribution < 1.29 is 19.2 Å². The molecule has 0 N–H and O–H groups in total. The highest BCUT2D eigenvalue weighted by molar-refractivity contribution is 6.13. The van der Waals surface area contributed by atoms with E-state index in [1.807, 2.05) is 0 Å². The molecule has 0 atom stereocenters. The van der Waals surface area contributed by atoms with Crippen molar-refractivity contribution in [1.82, 2.24) is 19.6 Å². The second-order valence-corrected chi connectivity index (χ2v) is 6.71. The van der Waals surface area contributed by atoms with E-state index in [9.17, 15) is 19.2 Å². The fourth-order valence-electron chi connectivity index (χ4n) is 3.44. The second kappa shape index (κ2) is 8.37. The van der Waals surface area contributed by atoms with E-state index in [0.717, 1.165) is 73.4 Å². The van der Waals surface area contributed by atoms with Crippen LogP contribution >= 0.6 is 0 Å². The van der Waals surface area contributed by atoms with Crippen molar-refractivity contribution in [1.29, 1.82) is 0 Å². The van der Waals surface area contributed by atoms with E-state index in [1.165, 1.54) is 0 Å². The fraction of sp³-hybridized carbons (Fsp3) is 0.556. The van der Waals surface area contributed by atoms with Gasteiger partial charge in [0.1, 0.15) is 0 Å². The quantitative estimate of drug-likeness (QED) is 0.528. The molecule has 140 valence electrons. The standard InChI is InChI=1S/C18H24N4O4/c23-15-3-5-17(25)22-10-2-8-20-13-11-19(12-14-20)7-1-9-21(15)16(24)4-6-18(22)26/h3-6H,1-2,7-14H2/b5-3-,6-4-. The molecule has 4 amide bonds. The summed E-state index contributed by atoms with van der Waals surface area (Å²) in [6, 6.07) is 0. The molecule has 1 saturated heterocycles. The van der Waals surface area contributed by atoms with Gasteiger partial charge < -0.3 is 9.80 Å². The van der Waals surface area contributed by atoms with E-state index in [2.05, 4.69) is 9.80 Å². The zero-order chi connectivity index (χ0) is 18.5. The molecule has 0 aromatic carbocycles. The van der Waals surface area contributed by atoms with E-state index in [1.54, 1.807) is 0 Å². The summed E-state index contributed by atoms with van der Waals surface area (Å²) in [6.07, 6.45) is 5.66. The number of rotatable bonds is 0. The normalized spacial score (nSPS) is 31.1. The van der Waals surface area contributed by atoms with Crippen LogP contribution in [-0.2, 0) is 19.2 Å². The zero-order valence-corrected chi connectivity index (χ0v) is 14.8. The number of hydrogen-bond donors (Lipinski definition) is 0. The molecule has 8 heteroatoms. The van der Waals surface area contributed by atoms with E-state index in [-0.39, 0.29) is 13.1 Å². The highest BCUT2D eigenvalue weighted by Crippen LogP contribution is 2.08. The van der Waals surface area contributed by atoms with Gasteiger partial charge in [-0.25, -0.2) is 0 Å². The summed E-state index contributed by atoms with van der Waals surface area (Å²) in [5, 5.41) is 0. The van der Waals surface area contributed by atoms with Gasteiger partial charge in [-0.3, -0.25) is 29.0 Å². The number of nitrogens with zero attached hydrogens (tertiary/aromatic N) is 4. The maximum atomic E-state index is 12.3. The highest BCUT2D eigenvalue weighted by atomic mass is 16.2. The Hall–Kier alpha value is -2.32. The topological polar surface area (TPSA) is 81.2 Å². The first-order valence-corrected chi connectivity index (χ1v) is 9.06. The summed E-state index contributed by atoms with van der Waals surface area (Å²) >= 11 is 0. The van der Waals surface area contributed by atoms with Crippen LogP contribution < -0.4 is 0 Å². The monoisotopic (exact) mass is 360 g/mol. The van der Waals surface area contributed by atoms with Crippen LogP contribution in [0, 0.1) is 0 Å². The van der Waals surface area contributed by atoms with Crippen LogP contribution in [0.2, 0.25) is 0 Å². The molecule has 6 aliphatic rings. The number of amides is 4. The van der Waals surface area contributed by atoms with Gasteiger partial charge >= 0.3 is 0 Å². The van der Waals surface area contributed by atoms with Gasteiger partial charge in [0, 0.05) is 63.6 Å². The van der Waals surface area contributed by atoms with Gasteiger partial charge in [0.2, 0.25) is 0 Å². The molecular formula is C18H24N4O4. The highest BCUT2D eigenvalue weighted by Gasteiger charge is 2.24. The van der Waals surface area contributed by atoms with E-state index in [4.69, 9.17) is 0 Å². The Labute approximate surface area is 152 Å². The molecule has 0 spiro atoms. The molecular weight excluding hydrogens is 336 g/mol. The van der Waals surface area contributed by atoms with Crippen molar-refractivity contribution in [3.8, 4) is 0 Å². The fourth-order valence-corrected chi connectivity index (χ4v) is 3.44. The Balaban J connectivity index is 1.87. The Kier molecular flexibility index (Phi) is 5.95. The van der Waals surface area contributed by atoms with Crippen LogP contribution in [0.3, 0.4) is 0 Å². The van der Waals surface area contributed by atoms with E-state index < -0.39 is 23.6 Å². The van der Waals surface area contributed by atoms with Crippen LogP contribution in [0.15, 0.2) is 24.3 Å². The lowest BCUT2D eigenvalue weighted by atomic mass is 10.2. The molecule has 6 aliphatic heterocycles. The summed E-state index contributed by atoms with van der Waals surface area (Å²) < 4.78 is 0. The average molecular weight is 360 g/mol. The first-order chi connectivity index (χ1) is 12.5. The molecule has 0 saturated carbocycles. The van der Waals surface area contributed by atoms with Crippen LogP contribution in [0.5, 0.6) is 0 Å². The Bertz CT molecular complexity index is 558. The number of carbonyl (C=O) groups is 4. The predicted molar refractivity (Wildman–Crippen MR) is 93.8 cm³/mol. The minimum Gasteiger partial charge on any atom is -0.301 e. The first kappa shape index (κ1) is 18.5. The number of imide groups is 2. The molecule has 0 unspecified atom stereocenters. The second-order valence-electron chi connectivity index (χ2n) is 6.71. The Morgan fingerprint density at radius 1 is 0.462 bits per heavy atom. The molecule has 0 radical (unpaired) electrons. The van der Waals surface area contributed by atoms with Gasteiger partial charge in [-0.15, -0.1) is 0 Å². The first-order valence-electron chi connectivity index (χ1n) is 9.06. The molecule has 1 fully saturated rings. The summed E-state index contributed by atoms with van der Waals surface area (Å²) in [5.74, 6) is -2.11. The van der Waals surface area contributed by atoms with Crippen LogP contribution in [0.4, 0.5) is 0 Å². The molecule has 6 rings (SSSR count). The van der Waals surface area contributed by atoms with Crippen molar-refractivity contribution in [2.45, 2.75) is 12.8 Å². The van der Waals surface area contributed by atoms with Gasteiger partial charge in [-0.05, 0) is 25.9 Å². The predicted octanol–water partition coefficient (Wildman–Crippen LogP) is -0.766. The van der Waals surface area contributed by atoms with Crippen molar-refractivity contribution in [2.24, 2.45) is 0 Å². The minimum absolute atomic E-state index is 0.263. The lowest BCUT2D eigenvalue weighted by Crippen LogP contribution is -2.48. The van der Waals surface area contributed by atoms with Gasteiger partial charge in [0.25, 0.3) is 23.6 Å². The summed E-state index contributed by atoms with van der Waals surface area (Å²) in [7, 11) is 0. The average Bonchev–Trinajstić information content (AvgIpc) is 2.64. The lowest BCUT2D eigenvalue weighted by molar-refractivity contribution is -0.142. The molecule has 26 heavy (non-hydrogen) atoms. The summed E-state index contributed by atoms with van der Waals surface area (Å²) in [5.41, 5.74) is 0. The smallest absolute Gasteiger partial charge is 0.253 e. The number of piperazine rings is 1. The third kappa shape index (κ3) is 4.44. The lowest BCUT2D eigenvalue weighted by Gasteiger charge is -2.35. The molecule has 8 nitrogen and oxygen atoms in total. The van der Waals surface area contributed by atoms with E-state index >= 15 is 0 Å². The van der Waals surface area contributed by atoms with Crippen LogP contribution in [0.1, 0.15) is 12.8 Å². The van der Waals surface area contributed by atoms with Crippen molar-refractivity contribution in [2.75, 3.05) is 52.4 Å². The summed E-state index contributed by atoms with van der Waals surface area (Å²) in [6.45, 7) is 5.93. The molecule has 6 heterocycles. The molecule has 0 aliphatic carbocycles. The van der Waals surface area contributed by atoms with Crippen molar-refractivity contribution >= 4 is 23.6 Å². The van der Waals surface area contributed by atoms with Gasteiger partial charge in [0.15, 0.2) is 0 Å². The van der Waals surface area contributed by atoms with Gasteiger partial charge in [-0.1, -0.05) is 0 Å². The largest absolute Gasteiger partial charge is 0.301 e. The molecule has 0 aromatic rings. The molecule has 4 bridgehead atoms. The third-order valence-electron chi connectivity index (χ3n) is 4.98. The van der Waals surface area contributed by atoms with E-state index in [0.29, 0.717) is 12.8 Å². The van der Waals surface area contributed by atoms with Gasteiger partial charge in [-0.2, -0.15) is 0 Å². The maximum Gasteiger partial charge on any atom is 0.253 e. The Morgan fingerprint density at radius 3 is 1.08 bits per heavy atom. The maximum absolute atomic E-state index is 12.3.